The third-order valence-corrected chi connectivity index (χ3v) is 4.33. The highest BCUT2D eigenvalue weighted by Crippen LogP contribution is 2.26. The minimum Gasteiger partial charge on any atom is -0.497 e. The van der Waals surface area contributed by atoms with Gasteiger partial charge >= 0.3 is 0 Å². The number of fused-ring (bicyclic) bond motifs is 1. The molecule has 0 bridgehead atoms. The van der Waals surface area contributed by atoms with E-state index in [1.54, 1.807) is 29.9 Å². The van der Waals surface area contributed by atoms with Crippen molar-refractivity contribution in [2.24, 2.45) is 7.05 Å². The van der Waals surface area contributed by atoms with Crippen LogP contribution in [0.4, 0.5) is 0 Å². The monoisotopic (exact) mass is 335 g/mol. The van der Waals surface area contributed by atoms with E-state index in [1.165, 1.54) is 6.33 Å². The number of benzene rings is 1. The van der Waals surface area contributed by atoms with Crippen LogP contribution in [-0.2, 0) is 20.1 Å². The zero-order chi connectivity index (χ0) is 17.4. The summed E-state index contributed by atoms with van der Waals surface area (Å²) in [6, 6.07) is 9.44. The second-order valence-corrected chi connectivity index (χ2v) is 5.93. The first kappa shape index (κ1) is 15.3. The lowest BCUT2D eigenvalue weighted by Crippen LogP contribution is -2.27. The Balaban J connectivity index is 1.61. The number of aryl methyl sites for hydroxylation is 1. The van der Waals surface area contributed by atoms with E-state index in [9.17, 15) is 4.79 Å². The molecular weight excluding hydrogens is 318 g/mol. The van der Waals surface area contributed by atoms with Crippen LogP contribution in [0.3, 0.4) is 0 Å². The third-order valence-electron chi connectivity index (χ3n) is 4.33. The number of amides is 1. The molecule has 1 amide bonds. The third kappa shape index (κ3) is 2.73. The van der Waals surface area contributed by atoms with Crippen molar-refractivity contribution >= 4 is 5.91 Å². The zero-order valence-corrected chi connectivity index (χ0v) is 14.0. The minimum absolute atomic E-state index is 0.0675. The van der Waals surface area contributed by atoms with Crippen molar-refractivity contribution < 1.29 is 9.53 Å². The molecular formula is C18H17N5O2. The highest BCUT2D eigenvalue weighted by Gasteiger charge is 2.27. The van der Waals surface area contributed by atoms with Gasteiger partial charge in [-0.05, 0) is 18.2 Å². The van der Waals surface area contributed by atoms with E-state index in [-0.39, 0.29) is 5.91 Å². The smallest absolute Gasteiger partial charge is 0.272 e. The predicted octanol–water partition coefficient (Wildman–Crippen LogP) is 2.04. The number of hydrogen-bond donors (Lipinski definition) is 0. The molecule has 3 heterocycles. The quantitative estimate of drug-likeness (QED) is 0.732. The summed E-state index contributed by atoms with van der Waals surface area (Å²) in [6.45, 7) is 1.02. The van der Waals surface area contributed by atoms with Crippen LogP contribution in [-0.4, -0.2) is 37.7 Å². The van der Waals surface area contributed by atoms with Crippen LogP contribution >= 0.6 is 0 Å². The Bertz CT molecular complexity index is 925. The lowest BCUT2D eigenvalue weighted by molar-refractivity contribution is 0.0739. The highest BCUT2D eigenvalue weighted by atomic mass is 16.5. The average Bonchev–Trinajstić information content (AvgIpc) is 3.25. The number of methoxy groups -OCH3 is 1. The van der Waals surface area contributed by atoms with Gasteiger partial charge in [0.1, 0.15) is 17.8 Å². The topological polar surface area (TPSA) is 73.1 Å². The molecule has 7 heteroatoms. The fourth-order valence-corrected chi connectivity index (χ4v) is 3.00. The van der Waals surface area contributed by atoms with Crippen LogP contribution in [0.25, 0.3) is 11.3 Å². The highest BCUT2D eigenvalue weighted by molar-refractivity contribution is 5.94. The lowest BCUT2D eigenvalue weighted by Gasteiger charge is -2.14. The lowest BCUT2D eigenvalue weighted by atomic mass is 10.1. The van der Waals surface area contributed by atoms with Crippen molar-refractivity contribution in [3.05, 3.63) is 59.8 Å². The Morgan fingerprint density at radius 3 is 2.92 bits per heavy atom. The van der Waals surface area contributed by atoms with E-state index in [4.69, 9.17) is 4.74 Å². The van der Waals surface area contributed by atoms with Gasteiger partial charge in [-0.25, -0.2) is 9.97 Å². The molecule has 7 nitrogen and oxygen atoms in total. The number of rotatable bonds is 3. The van der Waals surface area contributed by atoms with E-state index in [0.717, 1.165) is 28.3 Å². The molecule has 0 N–H and O–H groups in total. The van der Waals surface area contributed by atoms with E-state index in [2.05, 4.69) is 15.1 Å². The van der Waals surface area contributed by atoms with Gasteiger partial charge in [0.2, 0.25) is 0 Å². The van der Waals surface area contributed by atoms with E-state index in [0.29, 0.717) is 18.8 Å². The van der Waals surface area contributed by atoms with Crippen LogP contribution in [0.1, 0.15) is 21.7 Å². The van der Waals surface area contributed by atoms with Gasteiger partial charge in [0.25, 0.3) is 5.91 Å². The molecule has 2 aromatic heterocycles. The van der Waals surface area contributed by atoms with Crippen molar-refractivity contribution in [3.8, 4) is 17.0 Å². The molecule has 0 unspecified atom stereocenters. The van der Waals surface area contributed by atoms with Crippen molar-refractivity contribution in [1.82, 2.24) is 24.6 Å². The molecule has 0 spiro atoms. The molecule has 0 aliphatic carbocycles. The van der Waals surface area contributed by atoms with Gasteiger partial charge in [0.05, 0.1) is 25.0 Å². The Kier molecular flexibility index (Phi) is 3.68. The molecule has 126 valence electrons. The van der Waals surface area contributed by atoms with Crippen LogP contribution in [0.5, 0.6) is 5.75 Å². The first-order chi connectivity index (χ1) is 12.2. The second-order valence-electron chi connectivity index (χ2n) is 5.93. The van der Waals surface area contributed by atoms with Crippen LogP contribution in [0, 0.1) is 0 Å². The molecule has 3 aromatic rings. The largest absolute Gasteiger partial charge is 0.497 e. The maximum Gasteiger partial charge on any atom is 0.272 e. The molecule has 1 aliphatic heterocycles. The summed E-state index contributed by atoms with van der Waals surface area (Å²) >= 11 is 0. The summed E-state index contributed by atoms with van der Waals surface area (Å²) in [5.74, 6) is 0.687. The molecule has 0 saturated carbocycles. The summed E-state index contributed by atoms with van der Waals surface area (Å²) in [5.41, 5.74) is 4.08. The molecule has 0 atom stereocenters. The Hall–Kier alpha value is -3.22. The fourth-order valence-electron chi connectivity index (χ4n) is 3.00. The number of carbonyl (C=O) groups excluding carboxylic acids is 1. The van der Waals surface area contributed by atoms with Crippen molar-refractivity contribution in [3.63, 3.8) is 0 Å². The minimum atomic E-state index is -0.0675. The molecule has 25 heavy (non-hydrogen) atoms. The maximum absolute atomic E-state index is 12.9. The number of hydrogen-bond acceptors (Lipinski definition) is 5. The molecule has 0 saturated heterocycles. The fraction of sp³-hybridized carbons (Fsp3) is 0.222. The molecule has 0 radical (unpaired) electrons. The first-order valence-corrected chi connectivity index (χ1v) is 7.91. The molecule has 0 fully saturated rings. The van der Waals surface area contributed by atoms with Gasteiger partial charge in [-0.3, -0.25) is 9.48 Å². The van der Waals surface area contributed by atoms with Gasteiger partial charge < -0.3 is 9.64 Å². The van der Waals surface area contributed by atoms with Gasteiger partial charge in [-0.1, -0.05) is 12.1 Å². The van der Waals surface area contributed by atoms with Crippen molar-refractivity contribution in [2.75, 3.05) is 7.11 Å². The van der Waals surface area contributed by atoms with Gasteiger partial charge in [0.15, 0.2) is 0 Å². The van der Waals surface area contributed by atoms with Crippen molar-refractivity contribution in [1.29, 1.82) is 0 Å². The standard InChI is InChI=1S/C18H17N5O2/c1-22-17(7-15(21-22)12-4-3-5-14(6-12)25-2)18(24)23-9-13-8-19-11-20-16(13)10-23/h3-8,11H,9-10H2,1-2H3. The number of nitrogens with zero attached hydrogens (tertiary/aromatic N) is 5. The zero-order valence-electron chi connectivity index (χ0n) is 14.0. The Morgan fingerprint density at radius 2 is 2.12 bits per heavy atom. The summed E-state index contributed by atoms with van der Waals surface area (Å²) in [7, 11) is 3.40. The van der Waals surface area contributed by atoms with Gasteiger partial charge in [0, 0.05) is 30.9 Å². The Morgan fingerprint density at radius 1 is 1.24 bits per heavy atom. The Labute approximate surface area is 144 Å². The molecule has 4 rings (SSSR count). The molecule has 1 aliphatic rings. The van der Waals surface area contributed by atoms with E-state index >= 15 is 0 Å². The van der Waals surface area contributed by atoms with Crippen LogP contribution in [0.15, 0.2) is 42.9 Å². The normalized spacial score (nSPS) is 13.0. The van der Waals surface area contributed by atoms with Crippen LogP contribution in [0.2, 0.25) is 0 Å². The summed E-state index contributed by atoms with van der Waals surface area (Å²) < 4.78 is 6.87. The number of aromatic nitrogens is 4. The van der Waals surface area contributed by atoms with Crippen LogP contribution < -0.4 is 4.74 Å². The summed E-state index contributed by atoms with van der Waals surface area (Å²) in [5, 5.41) is 4.48. The van der Waals surface area contributed by atoms with Crippen molar-refractivity contribution in [2.45, 2.75) is 13.1 Å². The SMILES string of the molecule is COc1cccc(-c2cc(C(=O)N3Cc4cncnc4C3)n(C)n2)c1. The predicted molar refractivity (Wildman–Crippen MR) is 90.8 cm³/mol. The van der Waals surface area contributed by atoms with E-state index < -0.39 is 0 Å². The first-order valence-electron chi connectivity index (χ1n) is 7.91. The maximum atomic E-state index is 12.9. The average molecular weight is 335 g/mol. The molecule has 1 aromatic carbocycles. The van der Waals surface area contributed by atoms with E-state index in [1.807, 2.05) is 30.3 Å². The second kappa shape index (κ2) is 6.01. The summed E-state index contributed by atoms with van der Waals surface area (Å²) in [6.07, 6.45) is 3.28. The van der Waals surface area contributed by atoms with Gasteiger partial charge in [-0.15, -0.1) is 0 Å². The summed E-state index contributed by atoms with van der Waals surface area (Å²) in [4.78, 5) is 22.9. The van der Waals surface area contributed by atoms with Gasteiger partial charge in [-0.2, -0.15) is 5.10 Å². The number of ether oxygens (including phenoxy) is 1. The number of carbonyl (C=O) groups is 1.